The van der Waals surface area contributed by atoms with E-state index in [1.165, 1.54) is 11.1 Å². The van der Waals surface area contributed by atoms with Crippen LogP contribution in [0.1, 0.15) is 31.9 Å². The predicted molar refractivity (Wildman–Crippen MR) is 59.5 cm³/mol. The number of hydrogen-bond donors (Lipinski definition) is 1. The highest BCUT2D eigenvalue weighted by molar-refractivity contribution is 5.35. The molecule has 0 aliphatic carbocycles. The van der Waals surface area contributed by atoms with Gasteiger partial charge in [0.25, 0.3) is 0 Å². The Hall–Kier alpha value is -1.02. The van der Waals surface area contributed by atoms with Crippen LogP contribution in [-0.4, -0.2) is 6.10 Å². The van der Waals surface area contributed by atoms with Gasteiger partial charge in [0.1, 0.15) is 5.75 Å². The van der Waals surface area contributed by atoms with Crippen molar-refractivity contribution >= 4 is 0 Å². The molecule has 0 saturated carbocycles. The van der Waals surface area contributed by atoms with Crippen LogP contribution in [0.15, 0.2) is 18.2 Å². The standard InChI is InChI=1S/C12H19NO/c1-4-10-5-6-12(14-9(2)3)7-11(10)8-13/h5-7,9H,4,8,13H2,1-3H3. The zero-order valence-electron chi connectivity index (χ0n) is 9.21. The molecular formula is C12H19NO. The zero-order valence-corrected chi connectivity index (χ0v) is 9.21. The van der Waals surface area contributed by atoms with E-state index < -0.39 is 0 Å². The van der Waals surface area contributed by atoms with Gasteiger partial charge in [-0.15, -0.1) is 0 Å². The average molecular weight is 193 g/mol. The van der Waals surface area contributed by atoms with Gasteiger partial charge >= 0.3 is 0 Å². The van der Waals surface area contributed by atoms with Gasteiger partial charge in [-0.05, 0) is 43.5 Å². The lowest BCUT2D eigenvalue weighted by atomic mass is 10.1. The molecule has 0 radical (unpaired) electrons. The van der Waals surface area contributed by atoms with Gasteiger partial charge in [0.2, 0.25) is 0 Å². The van der Waals surface area contributed by atoms with Gasteiger partial charge in [-0.1, -0.05) is 13.0 Å². The molecule has 0 bridgehead atoms. The summed E-state index contributed by atoms with van der Waals surface area (Å²) in [6, 6.07) is 6.15. The van der Waals surface area contributed by atoms with Crippen molar-refractivity contribution in [3.05, 3.63) is 29.3 Å². The smallest absolute Gasteiger partial charge is 0.120 e. The highest BCUT2D eigenvalue weighted by Crippen LogP contribution is 2.19. The van der Waals surface area contributed by atoms with Crippen LogP contribution in [0.2, 0.25) is 0 Å². The summed E-state index contributed by atoms with van der Waals surface area (Å²) in [7, 11) is 0. The maximum absolute atomic E-state index is 5.67. The molecule has 14 heavy (non-hydrogen) atoms. The van der Waals surface area contributed by atoms with Gasteiger partial charge in [0, 0.05) is 6.54 Å². The van der Waals surface area contributed by atoms with Crippen LogP contribution >= 0.6 is 0 Å². The normalized spacial score (nSPS) is 10.6. The van der Waals surface area contributed by atoms with E-state index in [2.05, 4.69) is 13.0 Å². The molecule has 0 fully saturated rings. The van der Waals surface area contributed by atoms with E-state index in [0.717, 1.165) is 12.2 Å². The third-order valence-corrected chi connectivity index (χ3v) is 2.15. The van der Waals surface area contributed by atoms with E-state index in [0.29, 0.717) is 6.54 Å². The molecule has 0 amide bonds. The molecule has 78 valence electrons. The summed E-state index contributed by atoms with van der Waals surface area (Å²) in [5.41, 5.74) is 8.17. The third-order valence-electron chi connectivity index (χ3n) is 2.15. The van der Waals surface area contributed by atoms with Crippen molar-refractivity contribution in [2.24, 2.45) is 5.73 Å². The van der Waals surface area contributed by atoms with E-state index in [-0.39, 0.29) is 6.10 Å². The van der Waals surface area contributed by atoms with Crippen molar-refractivity contribution in [1.82, 2.24) is 0 Å². The van der Waals surface area contributed by atoms with Crippen molar-refractivity contribution < 1.29 is 4.74 Å². The maximum Gasteiger partial charge on any atom is 0.120 e. The Morgan fingerprint density at radius 2 is 2.00 bits per heavy atom. The van der Waals surface area contributed by atoms with Crippen LogP contribution in [0, 0.1) is 0 Å². The molecule has 2 nitrogen and oxygen atoms in total. The van der Waals surface area contributed by atoms with Gasteiger partial charge < -0.3 is 10.5 Å². The number of hydrogen-bond acceptors (Lipinski definition) is 2. The number of benzene rings is 1. The molecule has 2 N–H and O–H groups in total. The van der Waals surface area contributed by atoms with E-state index in [1.807, 2.05) is 26.0 Å². The molecule has 1 rings (SSSR count). The second-order valence-corrected chi connectivity index (χ2v) is 3.65. The summed E-state index contributed by atoms with van der Waals surface area (Å²) < 4.78 is 5.60. The third kappa shape index (κ3) is 2.74. The van der Waals surface area contributed by atoms with Crippen LogP contribution in [0.4, 0.5) is 0 Å². The fourth-order valence-electron chi connectivity index (χ4n) is 1.48. The molecule has 0 atom stereocenters. The molecule has 0 spiro atoms. The van der Waals surface area contributed by atoms with Crippen molar-refractivity contribution in [3.8, 4) is 5.75 Å². The minimum atomic E-state index is 0.216. The van der Waals surface area contributed by atoms with E-state index in [1.54, 1.807) is 0 Å². The molecule has 0 heterocycles. The number of nitrogens with two attached hydrogens (primary N) is 1. The quantitative estimate of drug-likeness (QED) is 0.797. The maximum atomic E-state index is 5.67. The SMILES string of the molecule is CCc1ccc(OC(C)C)cc1CN. The van der Waals surface area contributed by atoms with Crippen LogP contribution in [0.3, 0.4) is 0 Å². The molecule has 0 aromatic heterocycles. The summed E-state index contributed by atoms with van der Waals surface area (Å²) in [5.74, 6) is 0.914. The van der Waals surface area contributed by atoms with Gasteiger partial charge in [0.15, 0.2) is 0 Å². The van der Waals surface area contributed by atoms with Gasteiger partial charge in [-0.3, -0.25) is 0 Å². The van der Waals surface area contributed by atoms with Crippen LogP contribution in [0.5, 0.6) is 5.75 Å². The first kappa shape index (κ1) is 11.1. The summed E-state index contributed by atoms with van der Waals surface area (Å²) in [6.07, 6.45) is 1.24. The lowest BCUT2D eigenvalue weighted by Crippen LogP contribution is -2.07. The Morgan fingerprint density at radius 3 is 2.50 bits per heavy atom. The first-order valence-electron chi connectivity index (χ1n) is 5.16. The van der Waals surface area contributed by atoms with E-state index in [9.17, 15) is 0 Å². The molecule has 1 aromatic rings. The first-order valence-corrected chi connectivity index (χ1v) is 5.16. The van der Waals surface area contributed by atoms with Crippen molar-refractivity contribution in [1.29, 1.82) is 0 Å². The summed E-state index contributed by atoms with van der Waals surface area (Å²) >= 11 is 0. The molecular weight excluding hydrogens is 174 g/mol. The molecule has 0 aliphatic rings. The Labute approximate surface area is 86.1 Å². The van der Waals surface area contributed by atoms with E-state index >= 15 is 0 Å². The van der Waals surface area contributed by atoms with Crippen LogP contribution < -0.4 is 10.5 Å². The van der Waals surface area contributed by atoms with Crippen molar-refractivity contribution in [3.63, 3.8) is 0 Å². The summed E-state index contributed by atoms with van der Waals surface area (Å²) in [5, 5.41) is 0. The number of ether oxygens (including phenoxy) is 1. The topological polar surface area (TPSA) is 35.2 Å². The number of aryl methyl sites for hydroxylation is 1. The fourth-order valence-corrected chi connectivity index (χ4v) is 1.48. The average Bonchev–Trinajstić information content (AvgIpc) is 2.16. The minimum Gasteiger partial charge on any atom is -0.491 e. The summed E-state index contributed by atoms with van der Waals surface area (Å²) in [6.45, 7) is 6.77. The molecule has 2 heteroatoms. The molecule has 0 aliphatic heterocycles. The lowest BCUT2D eigenvalue weighted by Gasteiger charge is -2.12. The highest BCUT2D eigenvalue weighted by atomic mass is 16.5. The monoisotopic (exact) mass is 193 g/mol. The Balaban J connectivity index is 2.89. The Bertz CT molecular complexity index is 294. The first-order chi connectivity index (χ1) is 6.67. The van der Waals surface area contributed by atoms with Gasteiger partial charge in [-0.2, -0.15) is 0 Å². The summed E-state index contributed by atoms with van der Waals surface area (Å²) in [4.78, 5) is 0. The van der Waals surface area contributed by atoms with Crippen LogP contribution in [0.25, 0.3) is 0 Å². The van der Waals surface area contributed by atoms with Gasteiger partial charge in [-0.25, -0.2) is 0 Å². The molecule has 0 saturated heterocycles. The molecule has 1 aromatic carbocycles. The lowest BCUT2D eigenvalue weighted by molar-refractivity contribution is 0.242. The van der Waals surface area contributed by atoms with Crippen molar-refractivity contribution in [2.75, 3.05) is 0 Å². The van der Waals surface area contributed by atoms with Gasteiger partial charge in [0.05, 0.1) is 6.10 Å². The van der Waals surface area contributed by atoms with E-state index in [4.69, 9.17) is 10.5 Å². The van der Waals surface area contributed by atoms with Crippen molar-refractivity contribution in [2.45, 2.75) is 39.8 Å². The zero-order chi connectivity index (χ0) is 10.6. The second-order valence-electron chi connectivity index (χ2n) is 3.65. The fraction of sp³-hybridized carbons (Fsp3) is 0.500. The largest absolute Gasteiger partial charge is 0.491 e. The second kappa shape index (κ2) is 5.01. The predicted octanol–water partition coefficient (Wildman–Crippen LogP) is 2.49. The minimum absolute atomic E-state index is 0.216. The van der Waals surface area contributed by atoms with Crippen LogP contribution in [-0.2, 0) is 13.0 Å². The number of rotatable bonds is 4. The highest BCUT2D eigenvalue weighted by Gasteiger charge is 2.02. The molecule has 0 unspecified atom stereocenters. The Morgan fingerprint density at radius 1 is 1.29 bits per heavy atom. The Kier molecular flexibility index (Phi) is 3.96.